The molecule has 0 saturated carbocycles. The molecule has 21 heavy (non-hydrogen) atoms. The third kappa shape index (κ3) is 2.94. The summed E-state index contributed by atoms with van der Waals surface area (Å²) in [7, 11) is -3.29. The van der Waals surface area contributed by atoms with Crippen molar-refractivity contribution in [3.05, 3.63) is 24.0 Å². The summed E-state index contributed by atoms with van der Waals surface area (Å²) in [6.45, 7) is 0.844. The predicted octanol–water partition coefficient (Wildman–Crippen LogP) is 3.07. The number of nitrogens with zero attached hydrogens (tertiary/aromatic N) is 2. The van der Waals surface area contributed by atoms with Crippen molar-refractivity contribution in [2.45, 2.75) is 35.4 Å². The van der Waals surface area contributed by atoms with Gasteiger partial charge in [0.05, 0.1) is 16.3 Å². The summed E-state index contributed by atoms with van der Waals surface area (Å²) in [4.78, 5) is 4.76. The lowest BCUT2D eigenvalue weighted by atomic mass is 10.2. The molecule has 0 radical (unpaired) electrons. The van der Waals surface area contributed by atoms with Crippen LogP contribution in [0, 0.1) is 0 Å². The van der Waals surface area contributed by atoms with Gasteiger partial charge in [-0.3, -0.25) is 0 Å². The van der Waals surface area contributed by atoms with Crippen LogP contribution in [0.25, 0.3) is 11.0 Å². The van der Waals surface area contributed by atoms with Crippen molar-refractivity contribution in [2.24, 2.45) is 0 Å². The molecule has 0 N–H and O–H groups in total. The van der Waals surface area contributed by atoms with Gasteiger partial charge in [0.1, 0.15) is 11.3 Å². The van der Waals surface area contributed by atoms with E-state index in [0.29, 0.717) is 10.8 Å². The van der Waals surface area contributed by atoms with E-state index >= 15 is 0 Å². The SMILES string of the molecule is CS(=O)(=O)c1cccc2c1nc(CCl)n2CC1CCCS1. The van der Waals surface area contributed by atoms with Crippen molar-refractivity contribution in [1.82, 2.24) is 9.55 Å². The molecule has 1 aromatic carbocycles. The van der Waals surface area contributed by atoms with E-state index in [1.165, 1.54) is 24.9 Å². The Labute approximate surface area is 133 Å². The summed E-state index contributed by atoms with van der Waals surface area (Å²) in [6, 6.07) is 5.31. The quantitative estimate of drug-likeness (QED) is 0.800. The first-order valence-electron chi connectivity index (χ1n) is 6.86. The highest BCUT2D eigenvalue weighted by Crippen LogP contribution is 2.31. The van der Waals surface area contributed by atoms with Crippen LogP contribution in [0.5, 0.6) is 0 Å². The summed E-state index contributed by atoms with van der Waals surface area (Å²) >= 11 is 7.98. The number of aromatic nitrogens is 2. The molecule has 2 aromatic rings. The molecule has 1 aromatic heterocycles. The molecule has 1 atom stereocenters. The molecule has 1 aliphatic heterocycles. The molecule has 0 aliphatic carbocycles. The van der Waals surface area contributed by atoms with Gasteiger partial charge in [0.2, 0.25) is 0 Å². The Kier molecular flexibility index (Phi) is 4.21. The highest BCUT2D eigenvalue weighted by Gasteiger charge is 2.22. The first-order chi connectivity index (χ1) is 10.0. The average Bonchev–Trinajstić information content (AvgIpc) is 3.05. The van der Waals surface area contributed by atoms with E-state index in [4.69, 9.17) is 11.6 Å². The van der Waals surface area contributed by atoms with Crippen LogP contribution in [-0.4, -0.2) is 35.2 Å². The molecule has 1 unspecified atom stereocenters. The number of thioether (sulfide) groups is 1. The van der Waals surface area contributed by atoms with Crippen LogP contribution < -0.4 is 0 Å². The molecule has 2 heterocycles. The fraction of sp³-hybridized carbons (Fsp3) is 0.500. The number of sulfone groups is 1. The highest BCUT2D eigenvalue weighted by atomic mass is 35.5. The number of para-hydroxylation sites is 1. The zero-order chi connectivity index (χ0) is 15.0. The normalized spacial score (nSPS) is 19.4. The Balaban J connectivity index is 2.14. The third-order valence-corrected chi connectivity index (χ3v) is 6.50. The molecule has 4 nitrogen and oxygen atoms in total. The van der Waals surface area contributed by atoms with Crippen molar-refractivity contribution in [3.63, 3.8) is 0 Å². The van der Waals surface area contributed by atoms with Gasteiger partial charge in [-0.2, -0.15) is 11.8 Å². The number of hydrogen-bond acceptors (Lipinski definition) is 4. The summed E-state index contributed by atoms with van der Waals surface area (Å²) in [5, 5.41) is 0.561. The number of fused-ring (bicyclic) bond motifs is 1. The zero-order valence-electron chi connectivity index (χ0n) is 11.8. The minimum absolute atomic E-state index is 0.282. The van der Waals surface area contributed by atoms with Gasteiger partial charge >= 0.3 is 0 Å². The van der Waals surface area contributed by atoms with Crippen LogP contribution in [0.3, 0.4) is 0 Å². The van der Waals surface area contributed by atoms with Crippen LogP contribution in [0.2, 0.25) is 0 Å². The Morgan fingerprint density at radius 1 is 1.48 bits per heavy atom. The van der Waals surface area contributed by atoms with Crippen molar-refractivity contribution in [3.8, 4) is 0 Å². The number of halogens is 1. The van der Waals surface area contributed by atoms with Gasteiger partial charge in [0.25, 0.3) is 0 Å². The number of rotatable bonds is 4. The fourth-order valence-electron chi connectivity index (χ4n) is 2.77. The Bertz CT molecular complexity index is 765. The topological polar surface area (TPSA) is 52.0 Å². The summed E-state index contributed by atoms with van der Waals surface area (Å²) < 4.78 is 25.9. The van der Waals surface area contributed by atoms with Crippen LogP contribution >= 0.6 is 23.4 Å². The fourth-order valence-corrected chi connectivity index (χ4v) is 5.05. The lowest BCUT2D eigenvalue weighted by molar-refractivity contribution is 0.602. The molecular weight excluding hydrogens is 328 g/mol. The minimum Gasteiger partial charge on any atom is -0.326 e. The number of benzene rings is 1. The van der Waals surface area contributed by atoms with Gasteiger partial charge in [-0.25, -0.2) is 13.4 Å². The minimum atomic E-state index is -3.29. The molecule has 114 valence electrons. The second-order valence-electron chi connectivity index (χ2n) is 5.30. The second kappa shape index (κ2) is 5.82. The number of imidazole rings is 1. The molecule has 7 heteroatoms. The van der Waals surface area contributed by atoms with E-state index in [2.05, 4.69) is 9.55 Å². The van der Waals surface area contributed by atoms with Gasteiger partial charge in [0.15, 0.2) is 9.84 Å². The molecular formula is C14H17ClN2O2S2. The van der Waals surface area contributed by atoms with E-state index in [-0.39, 0.29) is 10.8 Å². The lowest BCUT2D eigenvalue weighted by Gasteiger charge is -2.12. The van der Waals surface area contributed by atoms with Crippen molar-refractivity contribution >= 4 is 44.2 Å². The standard InChI is InChI=1S/C14H17ClN2O2S2/c1-21(18,19)12-6-2-5-11-14(12)16-13(8-15)17(11)9-10-4-3-7-20-10/h2,5-6,10H,3-4,7-9H2,1H3. The molecule has 1 saturated heterocycles. The van der Waals surface area contributed by atoms with Gasteiger partial charge < -0.3 is 4.57 Å². The zero-order valence-corrected chi connectivity index (χ0v) is 14.1. The summed E-state index contributed by atoms with van der Waals surface area (Å²) in [5.41, 5.74) is 1.40. The van der Waals surface area contributed by atoms with Crippen LogP contribution in [0.4, 0.5) is 0 Å². The van der Waals surface area contributed by atoms with E-state index in [0.717, 1.165) is 17.9 Å². The van der Waals surface area contributed by atoms with Gasteiger partial charge in [-0.15, -0.1) is 11.6 Å². The molecule has 0 spiro atoms. The average molecular weight is 345 g/mol. The van der Waals surface area contributed by atoms with Crippen LogP contribution in [-0.2, 0) is 22.3 Å². The summed E-state index contributed by atoms with van der Waals surface area (Å²) in [5.74, 6) is 2.23. The Hall–Kier alpha value is -0.720. The molecule has 1 fully saturated rings. The largest absolute Gasteiger partial charge is 0.326 e. The lowest BCUT2D eigenvalue weighted by Crippen LogP contribution is -2.12. The Morgan fingerprint density at radius 2 is 2.29 bits per heavy atom. The number of alkyl halides is 1. The van der Waals surface area contributed by atoms with Gasteiger partial charge in [0, 0.05) is 18.1 Å². The second-order valence-corrected chi connectivity index (χ2v) is 8.96. The van der Waals surface area contributed by atoms with E-state index in [1.807, 2.05) is 17.8 Å². The molecule has 0 amide bonds. The smallest absolute Gasteiger partial charge is 0.177 e. The van der Waals surface area contributed by atoms with Crippen LogP contribution in [0.15, 0.2) is 23.1 Å². The Morgan fingerprint density at radius 3 is 2.90 bits per heavy atom. The van der Waals surface area contributed by atoms with Gasteiger partial charge in [-0.1, -0.05) is 6.07 Å². The first kappa shape index (κ1) is 15.2. The molecule has 0 bridgehead atoms. The number of hydrogen-bond donors (Lipinski definition) is 0. The maximum Gasteiger partial charge on any atom is 0.177 e. The summed E-state index contributed by atoms with van der Waals surface area (Å²) in [6.07, 6.45) is 3.65. The van der Waals surface area contributed by atoms with Crippen molar-refractivity contribution in [2.75, 3.05) is 12.0 Å². The maximum absolute atomic E-state index is 11.9. The first-order valence-corrected chi connectivity index (χ1v) is 10.3. The molecule has 3 rings (SSSR count). The van der Waals surface area contributed by atoms with Crippen molar-refractivity contribution < 1.29 is 8.42 Å². The third-order valence-electron chi connectivity index (χ3n) is 3.75. The monoisotopic (exact) mass is 344 g/mol. The van der Waals surface area contributed by atoms with Gasteiger partial charge in [-0.05, 0) is 30.7 Å². The van der Waals surface area contributed by atoms with E-state index in [1.54, 1.807) is 12.1 Å². The van der Waals surface area contributed by atoms with Crippen molar-refractivity contribution in [1.29, 1.82) is 0 Å². The van der Waals surface area contributed by atoms with Crippen LogP contribution in [0.1, 0.15) is 18.7 Å². The predicted molar refractivity (Wildman–Crippen MR) is 87.9 cm³/mol. The maximum atomic E-state index is 11.9. The van der Waals surface area contributed by atoms with E-state index < -0.39 is 9.84 Å². The highest BCUT2D eigenvalue weighted by molar-refractivity contribution is 8.00. The molecule has 1 aliphatic rings. The van der Waals surface area contributed by atoms with E-state index in [9.17, 15) is 8.42 Å².